The number of likely N-dealkylation sites (tertiary alicyclic amines) is 1. The lowest BCUT2D eigenvalue weighted by Gasteiger charge is -2.14. The summed E-state index contributed by atoms with van der Waals surface area (Å²) in [5.41, 5.74) is 0.610. The summed E-state index contributed by atoms with van der Waals surface area (Å²) in [7, 11) is 0. The minimum atomic E-state index is -4.49. The second kappa shape index (κ2) is 11.2. The molecule has 2 N–H and O–H groups in total. The molecule has 4 aromatic rings. The Bertz CT molecular complexity index is 1420. The molecule has 1 saturated heterocycles. The van der Waals surface area contributed by atoms with Crippen molar-refractivity contribution in [2.75, 3.05) is 31.5 Å². The number of amides is 1. The average molecular weight is 525 g/mol. The minimum absolute atomic E-state index is 0.0525. The number of rotatable bonds is 8. The van der Waals surface area contributed by atoms with Crippen molar-refractivity contribution < 1.29 is 22.7 Å². The van der Waals surface area contributed by atoms with E-state index in [9.17, 15) is 18.0 Å². The molecule has 198 valence electrons. The third-order valence-electron chi connectivity index (χ3n) is 6.35. The maximum absolute atomic E-state index is 13.0. The number of hydrogen-bond acceptors (Lipinski definition) is 6. The third kappa shape index (κ3) is 6.29. The molecule has 0 unspecified atom stereocenters. The molecule has 11 heteroatoms. The number of carbonyl (C=O) groups excluding carboxylic acids is 1. The summed E-state index contributed by atoms with van der Waals surface area (Å²) >= 11 is 0. The molecule has 1 aliphatic heterocycles. The Hall–Kier alpha value is -3.96. The van der Waals surface area contributed by atoms with E-state index in [-0.39, 0.29) is 5.69 Å². The predicted molar refractivity (Wildman–Crippen MR) is 137 cm³/mol. The number of hydrogen-bond donors (Lipinski definition) is 2. The zero-order valence-corrected chi connectivity index (χ0v) is 20.5. The Morgan fingerprint density at radius 1 is 1.03 bits per heavy atom. The second-order valence-corrected chi connectivity index (χ2v) is 9.09. The zero-order chi connectivity index (χ0) is 26.5. The molecule has 1 aliphatic rings. The van der Waals surface area contributed by atoms with Crippen LogP contribution in [0.25, 0.3) is 10.9 Å². The number of anilines is 1. The van der Waals surface area contributed by atoms with Crippen LogP contribution in [-0.4, -0.2) is 51.6 Å². The number of alkyl halides is 3. The lowest BCUT2D eigenvalue weighted by molar-refractivity contribution is -0.137. The van der Waals surface area contributed by atoms with Crippen molar-refractivity contribution in [1.82, 2.24) is 24.8 Å². The van der Waals surface area contributed by atoms with Gasteiger partial charge in [0.25, 0.3) is 0 Å². The smallest absolute Gasteiger partial charge is 0.416 e. The standard InChI is InChI=1S/C27H27F3N6O2/c28-27(29,30)20-4-3-5-21(15-20)34-26(37)36-12-8-19-14-23(6-7-24(19)36)38-25-16-22(32-18-33-25)17-31-9-13-35-10-1-2-11-35/h3-8,12,14-16,18,31H,1-2,9-11,13,17H2,(H,34,37). The van der Waals surface area contributed by atoms with Crippen LogP contribution in [0.5, 0.6) is 11.6 Å². The Kier molecular flexibility index (Phi) is 7.57. The zero-order valence-electron chi connectivity index (χ0n) is 20.5. The van der Waals surface area contributed by atoms with E-state index in [1.165, 1.54) is 49.0 Å². The molecular formula is C27H27F3N6O2. The fourth-order valence-electron chi connectivity index (χ4n) is 4.43. The maximum atomic E-state index is 13.0. The van der Waals surface area contributed by atoms with Crippen molar-refractivity contribution in [3.8, 4) is 11.6 Å². The number of aromatic nitrogens is 3. The molecule has 0 radical (unpaired) electrons. The Balaban J connectivity index is 1.21. The quantitative estimate of drug-likeness (QED) is 0.296. The Morgan fingerprint density at radius 3 is 2.68 bits per heavy atom. The van der Waals surface area contributed by atoms with Crippen LogP contribution < -0.4 is 15.4 Å². The van der Waals surface area contributed by atoms with E-state index in [4.69, 9.17) is 4.74 Å². The van der Waals surface area contributed by atoms with Gasteiger partial charge in [-0.25, -0.2) is 14.8 Å². The van der Waals surface area contributed by atoms with Crippen molar-refractivity contribution in [3.05, 3.63) is 78.4 Å². The van der Waals surface area contributed by atoms with Gasteiger partial charge in [0.05, 0.1) is 16.8 Å². The lowest BCUT2D eigenvalue weighted by Crippen LogP contribution is -2.29. The number of fused-ring (bicyclic) bond motifs is 1. The number of nitrogens with zero attached hydrogens (tertiary/aromatic N) is 4. The summed E-state index contributed by atoms with van der Waals surface area (Å²) in [6, 6.07) is 12.6. The first-order chi connectivity index (χ1) is 18.3. The monoisotopic (exact) mass is 524 g/mol. The number of halogens is 3. The number of ether oxygens (including phenoxy) is 1. The molecule has 8 nitrogen and oxygen atoms in total. The highest BCUT2D eigenvalue weighted by molar-refractivity contribution is 5.98. The van der Waals surface area contributed by atoms with Crippen LogP contribution in [0.2, 0.25) is 0 Å². The van der Waals surface area contributed by atoms with Gasteiger partial charge < -0.3 is 20.3 Å². The van der Waals surface area contributed by atoms with E-state index in [0.717, 1.165) is 36.3 Å². The Morgan fingerprint density at radius 2 is 1.87 bits per heavy atom. The largest absolute Gasteiger partial charge is 0.439 e. The van der Waals surface area contributed by atoms with Gasteiger partial charge >= 0.3 is 12.2 Å². The molecule has 0 aliphatic carbocycles. The van der Waals surface area contributed by atoms with E-state index < -0.39 is 17.8 Å². The molecule has 0 saturated carbocycles. The summed E-state index contributed by atoms with van der Waals surface area (Å²) in [6.07, 6.45) is 1.06. The van der Waals surface area contributed by atoms with Gasteiger partial charge in [0, 0.05) is 43.0 Å². The molecule has 3 heterocycles. The molecule has 2 aromatic carbocycles. The molecule has 2 aromatic heterocycles. The van der Waals surface area contributed by atoms with Crippen LogP contribution in [0.3, 0.4) is 0 Å². The third-order valence-corrected chi connectivity index (χ3v) is 6.35. The van der Waals surface area contributed by atoms with Crippen LogP contribution in [-0.2, 0) is 12.7 Å². The highest BCUT2D eigenvalue weighted by Crippen LogP contribution is 2.31. The van der Waals surface area contributed by atoms with Gasteiger partial charge in [-0.2, -0.15) is 13.2 Å². The molecular weight excluding hydrogens is 497 g/mol. The van der Waals surface area contributed by atoms with Gasteiger partial charge in [0.1, 0.15) is 12.1 Å². The van der Waals surface area contributed by atoms with Crippen molar-refractivity contribution >= 4 is 22.6 Å². The van der Waals surface area contributed by atoms with Crippen molar-refractivity contribution in [3.63, 3.8) is 0 Å². The summed E-state index contributed by atoms with van der Waals surface area (Å²) in [4.78, 5) is 23.7. The first-order valence-electron chi connectivity index (χ1n) is 12.4. The van der Waals surface area contributed by atoms with Crippen LogP contribution in [0.1, 0.15) is 24.1 Å². The van der Waals surface area contributed by atoms with Crippen molar-refractivity contribution in [2.24, 2.45) is 0 Å². The molecule has 5 rings (SSSR count). The van der Waals surface area contributed by atoms with Crippen molar-refractivity contribution in [1.29, 1.82) is 0 Å². The maximum Gasteiger partial charge on any atom is 0.416 e. The van der Waals surface area contributed by atoms with Gasteiger partial charge in [-0.1, -0.05) is 6.07 Å². The molecule has 0 spiro atoms. The normalized spacial score (nSPS) is 14.2. The van der Waals surface area contributed by atoms with Gasteiger partial charge in [-0.05, 0) is 68.4 Å². The SMILES string of the molecule is O=C(Nc1cccc(C(F)(F)F)c1)n1ccc2cc(Oc3cc(CNCCN4CCCC4)ncn3)ccc21. The van der Waals surface area contributed by atoms with Gasteiger partial charge in [0.15, 0.2) is 0 Å². The van der Waals surface area contributed by atoms with E-state index in [0.29, 0.717) is 23.7 Å². The first-order valence-corrected chi connectivity index (χ1v) is 12.4. The van der Waals surface area contributed by atoms with Gasteiger partial charge in [-0.15, -0.1) is 0 Å². The minimum Gasteiger partial charge on any atom is -0.439 e. The van der Waals surface area contributed by atoms with Crippen LogP contribution in [0.15, 0.2) is 67.1 Å². The molecule has 1 amide bonds. The number of benzene rings is 2. The predicted octanol–water partition coefficient (Wildman–Crippen LogP) is 5.51. The summed E-state index contributed by atoms with van der Waals surface area (Å²) < 4.78 is 46.2. The summed E-state index contributed by atoms with van der Waals surface area (Å²) in [5.74, 6) is 0.928. The number of nitrogens with one attached hydrogen (secondary N) is 2. The van der Waals surface area contributed by atoms with Gasteiger partial charge in [0.2, 0.25) is 5.88 Å². The topological polar surface area (TPSA) is 84.3 Å². The van der Waals surface area contributed by atoms with E-state index in [1.54, 1.807) is 36.5 Å². The fourth-order valence-corrected chi connectivity index (χ4v) is 4.43. The Labute approximate surface area is 217 Å². The fraction of sp³-hybridized carbons (Fsp3) is 0.296. The number of carbonyl (C=O) groups is 1. The summed E-state index contributed by atoms with van der Waals surface area (Å²) in [6.45, 7) is 4.85. The molecule has 0 atom stereocenters. The molecule has 0 bridgehead atoms. The summed E-state index contributed by atoms with van der Waals surface area (Å²) in [5, 5.41) is 6.64. The molecule has 38 heavy (non-hydrogen) atoms. The van der Waals surface area contributed by atoms with Crippen LogP contribution in [0, 0.1) is 0 Å². The first kappa shape index (κ1) is 25.7. The lowest BCUT2D eigenvalue weighted by atomic mass is 10.2. The average Bonchev–Trinajstić information content (AvgIpc) is 3.56. The van der Waals surface area contributed by atoms with Crippen molar-refractivity contribution in [2.45, 2.75) is 25.6 Å². The van der Waals surface area contributed by atoms with Crippen LogP contribution >= 0.6 is 0 Å². The molecule has 1 fully saturated rings. The second-order valence-electron chi connectivity index (χ2n) is 9.09. The highest BCUT2D eigenvalue weighted by atomic mass is 19.4. The van der Waals surface area contributed by atoms with E-state index in [2.05, 4.69) is 25.5 Å². The van der Waals surface area contributed by atoms with Gasteiger partial charge in [-0.3, -0.25) is 4.57 Å². The van der Waals surface area contributed by atoms with Crippen LogP contribution in [0.4, 0.5) is 23.7 Å². The van der Waals surface area contributed by atoms with E-state index >= 15 is 0 Å². The van der Waals surface area contributed by atoms with E-state index in [1.807, 2.05) is 0 Å². The highest BCUT2D eigenvalue weighted by Gasteiger charge is 2.30.